The highest BCUT2D eigenvalue weighted by Gasteiger charge is 2.22. The number of ether oxygens (including phenoxy) is 1. The Labute approximate surface area is 104 Å². The molecule has 1 nitrogen and oxygen atoms in total. The molecule has 1 aliphatic rings. The fourth-order valence-corrected chi connectivity index (χ4v) is 2.31. The van der Waals surface area contributed by atoms with Crippen molar-refractivity contribution in [3.05, 3.63) is 34.9 Å². The first-order valence-corrected chi connectivity index (χ1v) is 6.37. The first-order valence-electron chi connectivity index (χ1n) is 6.37. The Kier molecular flexibility index (Phi) is 3.03. The third kappa shape index (κ3) is 2.38. The molecule has 1 aromatic rings. The zero-order valence-corrected chi connectivity index (χ0v) is 11.5. The minimum atomic E-state index is 0.166. The average molecular weight is 230 g/mol. The molecule has 0 N–H and O–H groups in total. The third-order valence-electron chi connectivity index (χ3n) is 3.24. The van der Waals surface area contributed by atoms with Crippen molar-refractivity contribution < 1.29 is 4.74 Å². The lowest BCUT2D eigenvalue weighted by molar-refractivity contribution is 0.357. The van der Waals surface area contributed by atoms with E-state index in [1.54, 1.807) is 0 Å². The Bertz CT molecular complexity index is 447. The van der Waals surface area contributed by atoms with E-state index in [-0.39, 0.29) is 5.41 Å². The standard InChI is InChI=1S/C16H22O/c1-11(2)13-9-12-7-6-8-17-15(12)10-14(13)16(3,4)5/h6-7,9-11H,8H2,1-5H3. The summed E-state index contributed by atoms with van der Waals surface area (Å²) in [7, 11) is 0. The van der Waals surface area contributed by atoms with Crippen LogP contribution in [0, 0.1) is 0 Å². The van der Waals surface area contributed by atoms with Gasteiger partial charge in [0, 0.05) is 5.56 Å². The van der Waals surface area contributed by atoms with E-state index in [0.29, 0.717) is 12.5 Å². The highest BCUT2D eigenvalue weighted by Crippen LogP contribution is 2.37. The summed E-state index contributed by atoms with van der Waals surface area (Å²) in [6, 6.07) is 4.52. The van der Waals surface area contributed by atoms with Crippen molar-refractivity contribution in [2.24, 2.45) is 0 Å². The summed E-state index contributed by atoms with van der Waals surface area (Å²) in [5, 5.41) is 0. The lowest BCUT2D eigenvalue weighted by Gasteiger charge is -2.27. The summed E-state index contributed by atoms with van der Waals surface area (Å²) in [6.07, 6.45) is 4.24. The van der Waals surface area contributed by atoms with E-state index in [1.807, 2.05) is 0 Å². The average Bonchev–Trinajstić information content (AvgIpc) is 2.26. The second-order valence-corrected chi connectivity index (χ2v) is 6.10. The Hall–Kier alpha value is -1.24. The molecule has 0 spiro atoms. The molecule has 0 aromatic heterocycles. The van der Waals surface area contributed by atoms with E-state index in [9.17, 15) is 0 Å². The van der Waals surface area contributed by atoms with E-state index in [0.717, 1.165) is 5.75 Å². The van der Waals surface area contributed by atoms with Crippen LogP contribution in [0.1, 0.15) is 57.2 Å². The maximum atomic E-state index is 5.71. The fourth-order valence-electron chi connectivity index (χ4n) is 2.31. The van der Waals surface area contributed by atoms with Crippen LogP contribution in [-0.2, 0) is 5.41 Å². The molecule has 0 saturated heterocycles. The topological polar surface area (TPSA) is 9.23 Å². The van der Waals surface area contributed by atoms with Gasteiger partial charge in [-0.25, -0.2) is 0 Å². The van der Waals surface area contributed by atoms with Crippen molar-refractivity contribution in [3.63, 3.8) is 0 Å². The summed E-state index contributed by atoms with van der Waals surface area (Å²) in [6.45, 7) is 12.0. The van der Waals surface area contributed by atoms with Crippen molar-refractivity contribution in [3.8, 4) is 5.75 Å². The van der Waals surface area contributed by atoms with Gasteiger partial charge < -0.3 is 4.74 Å². The van der Waals surface area contributed by atoms with Crippen molar-refractivity contribution in [1.29, 1.82) is 0 Å². The van der Waals surface area contributed by atoms with E-state index < -0.39 is 0 Å². The Morgan fingerprint density at radius 1 is 1.18 bits per heavy atom. The van der Waals surface area contributed by atoms with Gasteiger partial charge in [0.1, 0.15) is 12.4 Å². The summed E-state index contributed by atoms with van der Waals surface area (Å²) < 4.78 is 5.71. The Morgan fingerprint density at radius 3 is 2.47 bits per heavy atom. The maximum absolute atomic E-state index is 5.71. The minimum absolute atomic E-state index is 0.166. The number of benzene rings is 1. The van der Waals surface area contributed by atoms with Gasteiger partial charge in [-0.05, 0) is 40.7 Å². The van der Waals surface area contributed by atoms with Gasteiger partial charge in [0.2, 0.25) is 0 Å². The van der Waals surface area contributed by atoms with Crippen LogP contribution in [0.15, 0.2) is 18.2 Å². The van der Waals surface area contributed by atoms with E-state index >= 15 is 0 Å². The second kappa shape index (κ2) is 4.21. The molecule has 2 rings (SSSR count). The highest BCUT2D eigenvalue weighted by atomic mass is 16.5. The van der Waals surface area contributed by atoms with E-state index in [4.69, 9.17) is 4.74 Å². The van der Waals surface area contributed by atoms with Crippen molar-refractivity contribution >= 4 is 6.08 Å². The molecule has 0 amide bonds. The van der Waals surface area contributed by atoms with E-state index in [2.05, 4.69) is 58.9 Å². The zero-order valence-electron chi connectivity index (χ0n) is 11.5. The van der Waals surface area contributed by atoms with Gasteiger partial charge >= 0.3 is 0 Å². The molecule has 0 unspecified atom stereocenters. The molecule has 1 heterocycles. The molecule has 0 bridgehead atoms. The first-order chi connectivity index (χ1) is 7.89. The molecule has 1 aliphatic heterocycles. The molecular formula is C16H22O. The molecular weight excluding hydrogens is 208 g/mol. The van der Waals surface area contributed by atoms with Crippen LogP contribution in [-0.4, -0.2) is 6.61 Å². The predicted molar refractivity (Wildman–Crippen MR) is 73.8 cm³/mol. The van der Waals surface area contributed by atoms with Crippen LogP contribution < -0.4 is 4.74 Å². The first kappa shape index (κ1) is 12.2. The van der Waals surface area contributed by atoms with Crippen molar-refractivity contribution in [2.45, 2.75) is 46.0 Å². The van der Waals surface area contributed by atoms with Gasteiger partial charge in [-0.2, -0.15) is 0 Å². The van der Waals surface area contributed by atoms with Gasteiger partial charge in [0.25, 0.3) is 0 Å². The largest absolute Gasteiger partial charge is 0.489 e. The smallest absolute Gasteiger partial charge is 0.127 e. The number of hydrogen-bond acceptors (Lipinski definition) is 1. The minimum Gasteiger partial charge on any atom is -0.489 e. The summed E-state index contributed by atoms with van der Waals surface area (Å²) in [4.78, 5) is 0. The normalized spacial score (nSPS) is 14.7. The van der Waals surface area contributed by atoms with Crippen LogP contribution in [0.5, 0.6) is 5.75 Å². The second-order valence-electron chi connectivity index (χ2n) is 6.10. The molecule has 0 aliphatic carbocycles. The summed E-state index contributed by atoms with van der Waals surface area (Å²) >= 11 is 0. The molecule has 1 aromatic carbocycles. The number of fused-ring (bicyclic) bond motifs is 1. The zero-order chi connectivity index (χ0) is 12.6. The molecule has 1 heteroatoms. The lowest BCUT2D eigenvalue weighted by atomic mass is 9.79. The molecule has 92 valence electrons. The monoisotopic (exact) mass is 230 g/mol. The van der Waals surface area contributed by atoms with Gasteiger partial charge in [0.15, 0.2) is 0 Å². The quantitative estimate of drug-likeness (QED) is 0.689. The summed E-state index contributed by atoms with van der Waals surface area (Å²) in [5.74, 6) is 1.58. The van der Waals surface area contributed by atoms with Gasteiger partial charge in [-0.3, -0.25) is 0 Å². The summed E-state index contributed by atoms with van der Waals surface area (Å²) in [5.41, 5.74) is 4.22. The highest BCUT2D eigenvalue weighted by molar-refractivity contribution is 5.62. The molecule has 0 fully saturated rings. The SMILES string of the molecule is CC(C)c1cc2c(cc1C(C)(C)C)OCC=C2. The van der Waals surface area contributed by atoms with Crippen LogP contribution in [0.25, 0.3) is 6.08 Å². The van der Waals surface area contributed by atoms with Gasteiger partial charge in [0.05, 0.1) is 0 Å². The third-order valence-corrected chi connectivity index (χ3v) is 3.24. The van der Waals surface area contributed by atoms with Crippen LogP contribution in [0.4, 0.5) is 0 Å². The van der Waals surface area contributed by atoms with Crippen molar-refractivity contribution in [2.75, 3.05) is 6.61 Å². The number of rotatable bonds is 1. The van der Waals surface area contributed by atoms with Crippen LogP contribution >= 0.6 is 0 Å². The lowest BCUT2D eigenvalue weighted by Crippen LogP contribution is -2.16. The van der Waals surface area contributed by atoms with Gasteiger partial charge in [-0.15, -0.1) is 0 Å². The molecule has 17 heavy (non-hydrogen) atoms. The van der Waals surface area contributed by atoms with Crippen molar-refractivity contribution in [1.82, 2.24) is 0 Å². The molecule has 0 atom stereocenters. The maximum Gasteiger partial charge on any atom is 0.127 e. The van der Waals surface area contributed by atoms with E-state index in [1.165, 1.54) is 16.7 Å². The predicted octanol–water partition coefficient (Wildman–Crippen LogP) is 4.51. The fraction of sp³-hybridized carbons (Fsp3) is 0.500. The number of hydrogen-bond donors (Lipinski definition) is 0. The Morgan fingerprint density at radius 2 is 1.88 bits per heavy atom. The van der Waals surface area contributed by atoms with Gasteiger partial charge in [-0.1, -0.05) is 40.7 Å². The molecule has 0 saturated carbocycles. The Balaban J connectivity index is 2.61. The van der Waals surface area contributed by atoms with Crippen LogP contribution in [0.3, 0.4) is 0 Å². The molecule has 0 radical (unpaired) electrons. The van der Waals surface area contributed by atoms with Crippen LogP contribution in [0.2, 0.25) is 0 Å².